The molecule has 0 aliphatic heterocycles. The Kier molecular flexibility index (Phi) is 4.67. The normalized spacial score (nSPS) is 12.8. The zero-order valence-electron chi connectivity index (χ0n) is 19.9. The highest BCUT2D eigenvalue weighted by Gasteiger charge is 2.25. The van der Waals surface area contributed by atoms with Crippen molar-refractivity contribution in [3.05, 3.63) is 78.0 Å². The third-order valence-electron chi connectivity index (χ3n) is 6.11. The van der Waals surface area contributed by atoms with Gasteiger partial charge in [0.25, 0.3) is 0 Å². The Morgan fingerprint density at radius 3 is 2.19 bits per heavy atom. The van der Waals surface area contributed by atoms with Crippen molar-refractivity contribution in [3.63, 3.8) is 0 Å². The number of rotatable bonds is 2. The van der Waals surface area contributed by atoms with Gasteiger partial charge < -0.3 is 4.42 Å². The topological polar surface area (TPSA) is 26.0 Å². The van der Waals surface area contributed by atoms with Crippen molar-refractivity contribution in [2.24, 2.45) is 5.41 Å². The molecule has 2 heteroatoms. The van der Waals surface area contributed by atoms with Crippen LogP contribution < -0.4 is 0 Å². The summed E-state index contributed by atoms with van der Waals surface area (Å²) in [6.45, 7) is 13.6. The number of hydrogen-bond donors (Lipinski definition) is 0. The molecule has 0 amide bonds. The van der Waals surface area contributed by atoms with E-state index in [1.807, 2.05) is 6.20 Å². The molecule has 0 saturated heterocycles. The van der Waals surface area contributed by atoms with Gasteiger partial charge in [0, 0.05) is 22.7 Å². The number of fused-ring (bicyclic) bond motifs is 4. The SMILES string of the molecule is CC(C)(C)Cc1ccc(-c2ccnc3c2oc2c(C(C)(C)C)c4ccccc4cc23)cc1. The number of benzene rings is 3. The second kappa shape index (κ2) is 7.20. The number of furan rings is 1. The molecule has 0 radical (unpaired) electrons. The molecule has 0 saturated carbocycles. The van der Waals surface area contributed by atoms with Gasteiger partial charge in [-0.15, -0.1) is 0 Å². The van der Waals surface area contributed by atoms with E-state index in [4.69, 9.17) is 9.40 Å². The molecule has 0 spiro atoms. The maximum atomic E-state index is 6.65. The van der Waals surface area contributed by atoms with E-state index in [0.717, 1.165) is 39.6 Å². The van der Waals surface area contributed by atoms with Gasteiger partial charge in [0.2, 0.25) is 0 Å². The summed E-state index contributed by atoms with van der Waals surface area (Å²) in [6.07, 6.45) is 2.97. The lowest BCUT2D eigenvalue weighted by Gasteiger charge is -2.21. The molecule has 0 fully saturated rings. The fourth-order valence-corrected chi connectivity index (χ4v) is 4.84. The summed E-state index contributed by atoms with van der Waals surface area (Å²) >= 11 is 0. The van der Waals surface area contributed by atoms with Crippen molar-refractivity contribution < 1.29 is 4.42 Å². The highest BCUT2D eigenvalue weighted by Crippen LogP contribution is 2.42. The first-order valence-corrected chi connectivity index (χ1v) is 11.4. The fourth-order valence-electron chi connectivity index (χ4n) is 4.84. The van der Waals surface area contributed by atoms with E-state index in [0.29, 0.717) is 0 Å². The van der Waals surface area contributed by atoms with Crippen molar-refractivity contribution in [1.82, 2.24) is 4.98 Å². The lowest BCUT2D eigenvalue weighted by Crippen LogP contribution is -2.12. The predicted molar refractivity (Wildman–Crippen MR) is 136 cm³/mol. The third kappa shape index (κ3) is 3.58. The predicted octanol–water partition coefficient (Wildman–Crippen LogP) is 8.69. The highest BCUT2D eigenvalue weighted by molar-refractivity contribution is 6.13. The second-order valence-electron chi connectivity index (χ2n) is 11.2. The van der Waals surface area contributed by atoms with Crippen LogP contribution in [0.25, 0.3) is 44.0 Å². The molecule has 162 valence electrons. The molecule has 0 bridgehead atoms. The second-order valence-corrected chi connectivity index (χ2v) is 11.2. The number of hydrogen-bond acceptors (Lipinski definition) is 2. The summed E-state index contributed by atoms with van der Waals surface area (Å²) in [4.78, 5) is 4.76. The van der Waals surface area contributed by atoms with Crippen LogP contribution in [-0.4, -0.2) is 4.98 Å². The van der Waals surface area contributed by atoms with Crippen molar-refractivity contribution in [3.8, 4) is 11.1 Å². The smallest absolute Gasteiger partial charge is 0.161 e. The van der Waals surface area contributed by atoms with Crippen molar-refractivity contribution >= 4 is 32.8 Å². The Labute approximate surface area is 190 Å². The van der Waals surface area contributed by atoms with E-state index in [9.17, 15) is 0 Å². The Bertz CT molecular complexity index is 1440. The lowest BCUT2D eigenvalue weighted by atomic mass is 9.82. The third-order valence-corrected chi connectivity index (χ3v) is 6.11. The summed E-state index contributed by atoms with van der Waals surface area (Å²) in [5, 5.41) is 3.57. The van der Waals surface area contributed by atoms with Gasteiger partial charge in [-0.05, 0) is 51.3 Å². The molecule has 0 atom stereocenters. The van der Waals surface area contributed by atoms with Crippen LogP contribution in [-0.2, 0) is 11.8 Å². The molecule has 3 aromatic carbocycles. The molecule has 2 heterocycles. The largest absolute Gasteiger partial charge is 0.453 e. The Morgan fingerprint density at radius 1 is 0.781 bits per heavy atom. The average molecular weight is 422 g/mol. The van der Waals surface area contributed by atoms with Gasteiger partial charge in [0.1, 0.15) is 11.1 Å². The minimum absolute atomic E-state index is 0.0538. The summed E-state index contributed by atoms with van der Waals surface area (Å²) in [6, 6.07) is 21.8. The Morgan fingerprint density at radius 2 is 1.50 bits per heavy atom. The molecule has 0 unspecified atom stereocenters. The van der Waals surface area contributed by atoms with Gasteiger partial charge in [-0.3, -0.25) is 4.98 Å². The molecule has 0 N–H and O–H groups in total. The Balaban J connectivity index is 1.76. The minimum atomic E-state index is -0.0538. The first-order valence-electron chi connectivity index (χ1n) is 11.4. The molecule has 2 aromatic heterocycles. The van der Waals surface area contributed by atoms with E-state index >= 15 is 0 Å². The maximum absolute atomic E-state index is 6.65. The van der Waals surface area contributed by atoms with E-state index in [1.165, 1.54) is 21.9 Å². The summed E-state index contributed by atoms with van der Waals surface area (Å²) < 4.78 is 6.65. The van der Waals surface area contributed by atoms with E-state index in [2.05, 4.69) is 102 Å². The molecule has 0 aliphatic carbocycles. The molecule has 32 heavy (non-hydrogen) atoms. The monoisotopic (exact) mass is 421 g/mol. The number of nitrogens with zero attached hydrogens (tertiary/aromatic N) is 1. The van der Waals surface area contributed by atoms with Crippen LogP contribution in [0.3, 0.4) is 0 Å². The summed E-state index contributed by atoms with van der Waals surface area (Å²) in [5.74, 6) is 0. The molecule has 0 aliphatic rings. The fraction of sp³-hybridized carbons (Fsp3) is 0.300. The molecule has 5 rings (SSSR count). The first kappa shape index (κ1) is 20.8. The van der Waals surface area contributed by atoms with Crippen molar-refractivity contribution in [1.29, 1.82) is 0 Å². The minimum Gasteiger partial charge on any atom is -0.453 e. The average Bonchev–Trinajstić information content (AvgIpc) is 3.08. The van der Waals surface area contributed by atoms with Gasteiger partial charge in [-0.2, -0.15) is 0 Å². The van der Waals surface area contributed by atoms with Crippen LogP contribution in [0.4, 0.5) is 0 Å². The molecule has 2 nitrogen and oxygen atoms in total. The lowest BCUT2D eigenvalue weighted by molar-refractivity contribution is 0.411. The van der Waals surface area contributed by atoms with Crippen LogP contribution in [0.1, 0.15) is 52.7 Å². The van der Waals surface area contributed by atoms with E-state index in [-0.39, 0.29) is 10.8 Å². The van der Waals surface area contributed by atoms with Gasteiger partial charge >= 0.3 is 0 Å². The summed E-state index contributed by atoms with van der Waals surface area (Å²) in [7, 11) is 0. The molecular formula is C30H31NO. The van der Waals surface area contributed by atoms with Gasteiger partial charge in [0.15, 0.2) is 5.58 Å². The first-order chi connectivity index (χ1) is 15.1. The van der Waals surface area contributed by atoms with E-state index < -0.39 is 0 Å². The van der Waals surface area contributed by atoms with Gasteiger partial charge in [-0.25, -0.2) is 0 Å². The van der Waals surface area contributed by atoms with Crippen LogP contribution >= 0.6 is 0 Å². The van der Waals surface area contributed by atoms with Gasteiger partial charge in [0.05, 0.1) is 0 Å². The molecule has 5 aromatic rings. The van der Waals surface area contributed by atoms with Gasteiger partial charge in [-0.1, -0.05) is 90.1 Å². The van der Waals surface area contributed by atoms with Crippen LogP contribution in [0, 0.1) is 5.41 Å². The van der Waals surface area contributed by atoms with Crippen LogP contribution in [0.2, 0.25) is 0 Å². The number of aromatic nitrogens is 1. The standard InChI is InChI=1S/C30H31NO/c1-29(2,3)18-19-11-13-20(14-12-19)23-15-16-31-26-24-17-21-9-7-8-10-22(21)25(30(4,5)6)27(24)32-28(23)26/h7-17H,18H2,1-6H3. The van der Waals surface area contributed by atoms with Crippen molar-refractivity contribution in [2.75, 3.05) is 0 Å². The highest BCUT2D eigenvalue weighted by atomic mass is 16.3. The maximum Gasteiger partial charge on any atom is 0.161 e. The van der Waals surface area contributed by atoms with Crippen LogP contribution in [0.15, 0.2) is 71.3 Å². The number of pyridine rings is 1. The Hall–Kier alpha value is -3.13. The van der Waals surface area contributed by atoms with E-state index in [1.54, 1.807) is 0 Å². The summed E-state index contributed by atoms with van der Waals surface area (Å²) in [5.41, 5.74) is 7.84. The molecular weight excluding hydrogens is 390 g/mol. The van der Waals surface area contributed by atoms with Crippen LogP contribution in [0.5, 0.6) is 0 Å². The zero-order valence-corrected chi connectivity index (χ0v) is 19.9. The quantitative estimate of drug-likeness (QED) is 0.285. The van der Waals surface area contributed by atoms with Crippen molar-refractivity contribution in [2.45, 2.75) is 53.4 Å². The zero-order chi connectivity index (χ0) is 22.7.